The summed E-state index contributed by atoms with van der Waals surface area (Å²) in [4.78, 5) is 12.3. The fourth-order valence-electron chi connectivity index (χ4n) is 2.61. The predicted molar refractivity (Wildman–Crippen MR) is 98.1 cm³/mol. The minimum absolute atomic E-state index is 0.0884. The van der Waals surface area contributed by atoms with Gasteiger partial charge in [0.05, 0.1) is 21.3 Å². The van der Waals surface area contributed by atoms with Crippen LogP contribution >= 0.6 is 0 Å². The molecule has 0 spiro atoms. The highest BCUT2D eigenvalue weighted by atomic mass is 16.5. The molecule has 134 valence electrons. The first-order valence-electron chi connectivity index (χ1n) is 8.14. The molecule has 2 rings (SSSR count). The zero-order valence-electron chi connectivity index (χ0n) is 15.4. The summed E-state index contributed by atoms with van der Waals surface area (Å²) in [6.07, 6.45) is 0.590. The zero-order chi connectivity index (χ0) is 18.4. The lowest BCUT2D eigenvalue weighted by atomic mass is 10.1. The van der Waals surface area contributed by atoms with Crippen LogP contribution in [-0.4, -0.2) is 33.8 Å². The molecule has 1 N–H and O–H groups in total. The molecule has 5 heteroatoms. The Labute approximate surface area is 148 Å². The van der Waals surface area contributed by atoms with Crippen molar-refractivity contribution in [2.45, 2.75) is 20.3 Å². The Morgan fingerprint density at radius 1 is 0.920 bits per heavy atom. The molecule has 0 bridgehead atoms. The van der Waals surface area contributed by atoms with Crippen LogP contribution in [0.5, 0.6) is 17.2 Å². The highest BCUT2D eigenvalue weighted by Gasteiger charge is 2.14. The van der Waals surface area contributed by atoms with Gasteiger partial charge in [-0.1, -0.05) is 6.07 Å². The van der Waals surface area contributed by atoms with Crippen molar-refractivity contribution >= 4 is 5.91 Å². The predicted octanol–water partition coefficient (Wildman–Crippen LogP) is 3.30. The number of carbonyl (C=O) groups excluding carboxylic acids is 1. The Balaban J connectivity index is 2.08. The zero-order valence-corrected chi connectivity index (χ0v) is 15.4. The lowest BCUT2D eigenvalue weighted by Crippen LogP contribution is -2.26. The van der Waals surface area contributed by atoms with Crippen LogP contribution < -0.4 is 19.5 Å². The highest BCUT2D eigenvalue weighted by Crippen LogP contribution is 2.34. The monoisotopic (exact) mass is 343 g/mol. The molecule has 5 nitrogen and oxygen atoms in total. The van der Waals surface area contributed by atoms with E-state index in [0.29, 0.717) is 35.8 Å². The normalized spacial score (nSPS) is 10.3. The lowest BCUT2D eigenvalue weighted by Gasteiger charge is -2.15. The Kier molecular flexibility index (Phi) is 6.28. The van der Waals surface area contributed by atoms with Gasteiger partial charge in [0.2, 0.25) is 0 Å². The third-order valence-corrected chi connectivity index (χ3v) is 4.25. The van der Waals surface area contributed by atoms with E-state index in [4.69, 9.17) is 14.2 Å². The summed E-state index contributed by atoms with van der Waals surface area (Å²) >= 11 is 0. The topological polar surface area (TPSA) is 56.8 Å². The number of carbonyl (C=O) groups is 1. The minimum atomic E-state index is -0.0884. The van der Waals surface area contributed by atoms with Gasteiger partial charge in [0.1, 0.15) is 17.2 Å². The van der Waals surface area contributed by atoms with Crippen LogP contribution in [0.3, 0.4) is 0 Å². The molecule has 2 aromatic rings. The first-order chi connectivity index (χ1) is 12.0. The summed E-state index contributed by atoms with van der Waals surface area (Å²) in [5, 5.41) is 2.94. The third kappa shape index (κ3) is 4.44. The smallest absolute Gasteiger partial charge is 0.251 e. The highest BCUT2D eigenvalue weighted by molar-refractivity contribution is 5.94. The SMILES string of the molecule is COc1cc(OC)c(CCNC(=O)c2ccc(C)c(C)c2)c(OC)c1. The van der Waals surface area contributed by atoms with E-state index in [-0.39, 0.29) is 5.91 Å². The minimum Gasteiger partial charge on any atom is -0.496 e. The van der Waals surface area contributed by atoms with Crippen molar-refractivity contribution in [3.63, 3.8) is 0 Å². The second-order valence-corrected chi connectivity index (χ2v) is 5.82. The maximum Gasteiger partial charge on any atom is 0.251 e. The van der Waals surface area contributed by atoms with E-state index in [1.807, 2.05) is 44.2 Å². The molecule has 0 fully saturated rings. The third-order valence-electron chi connectivity index (χ3n) is 4.25. The summed E-state index contributed by atoms with van der Waals surface area (Å²) in [6, 6.07) is 9.32. The van der Waals surface area contributed by atoms with Crippen molar-refractivity contribution in [2.75, 3.05) is 27.9 Å². The maximum atomic E-state index is 12.3. The average Bonchev–Trinajstić information content (AvgIpc) is 2.63. The molecule has 0 saturated heterocycles. The Morgan fingerprint density at radius 3 is 2.08 bits per heavy atom. The fraction of sp³-hybridized carbons (Fsp3) is 0.350. The van der Waals surface area contributed by atoms with Gasteiger partial charge in [0.25, 0.3) is 5.91 Å². The van der Waals surface area contributed by atoms with Crippen LogP contribution in [-0.2, 0) is 6.42 Å². The molecule has 0 heterocycles. The van der Waals surface area contributed by atoms with Crippen molar-refractivity contribution in [1.82, 2.24) is 5.32 Å². The second kappa shape index (κ2) is 8.42. The molecule has 0 aliphatic heterocycles. The van der Waals surface area contributed by atoms with E-state index in [1.54, 1.807) is 21.3 Å². The van der Waals surface area contributed by atoms with Gasteiger partial charge in [0.15, 0.2) is 0 Å². The number of hydrogen-bond donors (Lipinski definition) is 1. The quantitative estimate of drug-likeness (QED) is 0.838. The number of aryl methyl sites for hydroxylation is 2. The van der Waals surface area contributed by atoms with Crippen LogP contribution in [0, 0.1) is 13.8 Å². The van der Waals surface area contributed by atoms with Crippen LogP contribution in [0.25, 0.3) is 0 Å². The van der Waals surface area contributed by atoms with Crippen LogP contribution in [0.4, 0.5) is 0 Å². The Morgan fingerprint density at radius 2 is 1.56 bits per heavy atom. The number of ether oxygens (including phenoxy) is 3. The molecule has 0 aromatic heterocycles. The van der Waals surface area contributed by atoms with Gasteiger partial charge < -0.3 is 19.5 Å². The van der Waals surface area contributed by atoms with Crippen LogP contribution in [0.15, 0.2) is 30.3 Å². The fourth-order valence-corrected chi connectivity index (χ4v) is 2.61. The van der Waals surface area contributed by atoms with E-state index in [9.17, 15) is 4.79 Å². The molecule has 1 amide bonds. The number of amides is 1. The van der Waals surface area contributed by atoms with Gasteiger partial charge in [-0.05, 0) is 43.5 Å². The van der Waals surface area contributed by atoms with Crippen molar-refractivity contribution in [2.24, 2.45) is 0 Å². The molecule has 2 aromatic carbocycles. The van der Waals surface area contributed by atoms with Gasteiger partial charge in [-0.15, -0.1) is 0 Å². The summed E-state index contributed by atoms with van der Waals surface area (Å²) in [6.45, 7) is 4.50. The first kappa shape index (κ1) is 18.6. The summed E-state index contributed by atoms with van der Waals surface area (Å²) < 4.78 is 16.1. The number of methoxy groups -OCH3 is 3. The van der Waals surface area contributed by atoms with Crippen molar-refractivity contribution < 1.29 is 19.0 Å². The lowest BCUT2D eigenvalue weighted by molar-refractivity contribution is 0.0954. The number of rotatable bonds is 7. The van der Waals surface area contributed by atoms with Crippen molar-refractivity contribution in [3.05, 3.63) is 52.6 Å². The summed E-state index contributed by atoms with van der Waals surface area (Å²) in [5.74, 6) is 1.93. The second-order valence-electron chi connectivity index (χ2n) is 5.82. The van der Waals surface area contributed by atoms with E-state index in [2.05, 4.69) is 5.32 Å². The molecule has 0 aliphatic carbocycles. The molecule has 0 saturated carbocycles. The first-order valence-corrected chi connectivity index (χ1v) is 8.14. The summed E-state index contributed by atoms with van der Waals surface area (Å²) in [7, 11) is 4.80. The Hall–Kier alpha value is -2.69. The number of hydrogen-bond acceptors (Lipinski definition) is 4. The number of benzene rings is 2. The van der Waals surface area contributed by atoms with Crippen molar-refractivity contribution in [1.29, 1.82) is 0 Å². The Bertz CT molecular complexity index is 730. The molecular weight excluding hydrogens is 318 g/mol. The standard InChI is InChI=1S/C20H25NO4/c1-13-6-7-15(10-14(13)2)20(22)21-9-8-17-18(24-4)11-16(23-3)12-19(17)25-5/h6-7,10-12H,8-9H2,1-5H3,(H,21,22). The molecule has 0 unspecified atom stereocenters. The van der Waals surface area contributed by atoms with Gasteiger partial charge in [0, 0.05) is 29.8 Å². The number of nitrogens with one attached hydrogen (secondary N) is 1. The van der Waals surface area contributed by atoms with Crippen LogP contribution in [0.1, 0.15) is 27.0 Å². The van der Waals surface area contributed by atoms with E-state index in [0.717, 1.165) is 11.1 Å². The maximum absolute atomic E-state index is 12.3. The molecule has 0 atom stereocenters. The van der Waals surface area contributed by atoms with E-state index in [1.165, 1.54) is 5.56 Å². The summed E-state index contributed by atoms with van der Waals surface area (Å²) in [5.41, 5.74) is 3.83. The molecule has 0 aliphatic rings. The largest absolute Gasteiger partial charge is 0.496 e. The average molecular weight is 343 g/mol. The van der Waals surface area contributed by atoms with E-state index < -0.39 is 0 Å². The van der Waals surface area contributed by atoms with Crippen LogP contribution in [0.2, 0.25) is 0 Å². The van der Waals surface area contributed by atoms with Crippen molar-refractivity contribution in [3.8, 4) is 17.2 Å². The van der Waals surface area contributed by atoms with Gasteiger partial charge in [-0.25, -0.2) is 0 Å². The van der Waals surface area contributed by atoms with Gasteiger partial charge in [-0.2, -0.15) is 0 Å². The molecule has 0 radical (unpaired) electrons. The van der Waals surface area contributed by atoms with Gasteiger partial charge in [-0.3, -0.25) is 4.79 Å². The van der Waals surface area contributed by atoms with Gasteiger partial charge >= 0.3 is 0 Å². The van der Waals surface area contributed by atoms with E-state index >= 15 is 0 Å². The molecule has 25 heavy (non-hydrogen) atoms. The molecular formula is C20H25NO4.